The number of hydrogen-bond acceptors (Lipinski definition) is 2. The van der Waals surface area contributed by atoms with Crippen LogP contribution >= 0.6 is 0 Å². The molecule has 0 spiro atoms. The summed E-state index contributed by atoms with van der Waals surface area (Å²) in [6.07, 6.45) is 0.139. The van der Waals surface area contributed by atoms with Crippen molar-refractivity contribution in [2.45, 2.75) is 32.9 Å². The maximum absolute atomic E-state index is 13.5. The summed E-state index contributed by atoms with van der Waals surface area (Å²) >= 11 is 0. The highest BCUT2D eigenvalue weighted by Crippen LogP contribution is 2.15. The van der Waals surface area contributed by atoms with Crippen LogP contribution in [0.4, 0.5) is 4.39 Å². The molecule has 2 aromatic carbocycles. The summed E-state index contributed by atoms with van der Waals surface area (Å²) < 4.78 is 19.1. The van der Waals surface area contributed by atoms with Crippen LogP contribution < -0.4 is 10.1 Å². The SMILES string of the molecule is CC(C)Oc1cccc(CNC(=O)Cc2ccccc2F)c1. The third-order valence-electron chi connectivity index (χ3n) is 3.07. The summed E-state index contributed by atoms with van der Waals surface area (Å²) in [6, 6.07) is 13.9. The molecule has 0 unspecified atom stereocenters. The highest BCUT2D eigenvalue weighted by atomic mass is 19.1. The smallest absolute Gasteiger partial charge is 0.224 e. The minimum absolute atomic E-state index is 0.0366. The molecule has 0 saturated carbocycles. The van der Waals surface area contributed by atoms with Gasteiger partial charge in [0.25, 0.3) is 0 Å². The van der Waals surface area contributed by atoms with Crippen LogP contribution in [0, 0.1) is 5.82 Å². The van der Waals surface area contributed by atoms with E-state index in [9.17, 15) is 9.18 Å². The van der Waals surface area contributed by atoms with Gasteiger partial charge in [0.15, 0.2) is 0 Å². The van der Waals surface area contributed by atoms with Gasteiger partial charge in [-0.2, -0.15) is 0 Å². The van der Waals surface area contributed by atoms with Crippen molar-refractivity contribution in [1.29, 1.82) is 0 Å². The molecule has 1 N–H and O–H groups in total. The van der Waals surface area contributed by atoms with Crippen molar-refractivity contribution in [3.05, 3.63) is 65.5 Å². The molecule has 2 rings (SSSR count). The van der Waals surface area contributed by atoms with E-state index in [2.05, 4.69) is 5.32 Å². The number of carbonyl (C=O) groups excluding carboxylic acids is 1. The van der Waals surface area contributed by atoms with E-state index in [0.717, 1.165) is 11.3 Å². The van der Waals surface area contributed by atoms with E-state index in [-0.39, 0.29) is 24.2 Å². The first-order chi connectivity index (χ1) is 10.5. The number of benzene rings is 2. The summed E-state index contributed by atoms with van der Waals surface area (Å²) in [6.45, 7) is 4.31. The third-order valence-corrected chi connectivity index (χ3v) is 3.07. The van der Waals surface area contributed by atoms with E-state index < -0.39 is 0 Å². The number of ether oxygens (including phenoxy) is 1. The average molecular weight is 301 g/mol. The van der Waals surface area contributed by atoms with Gasteiger partial charge in [-0.1, -0.05) is 30.3 Å². The number of halogens is 1. The lowest BCUT2D eigenvalue weighted by atomic mass is 10.1. The van der Waals surface area contributed by atoms with Gasteiger partial charge >= 0.3 is 0 Å². The Morgan fingerprint density at radius 3 is 2.68 bits per heavy atom. The van der Waals surface area contributed by atoms with Crippen molar-refractivity contribution in [1.82, 2.24) is 5.32 Å². The van der Waals surface area contributed by atoms with Gasteiger partial charge in [0.1, 0.15) is 11.6 Å². The number of carbonyl (C=O) groups is 1. The Bertz CT molecular complexity index is 640. The molecule has 0 saturated heterocycles. The van der Waals surface area contributed by atoms with Crippen molar-refractivity contribution < 1.29 is 13.9 Å². The molecule has 4 heteroatoms. The van der Waals surface area contributed by atoms with Gasteiger partial charge in [-0.05, 0) is 43.2 Å². The molecular formula is C18H20FNO2. The summed E-state index contributed by atoms with van der Waals surface area (Å²) in [4.78, 5) is 11.9. The molecule has 2 aromatic rings. The first kappa shape index (κ1) is 16.0. The van der Waals surface area contributed by atoms with Gasteiger partial charge in [0.2, 0.25) is 5.91 Å². The second-order valence-electron chi connectivity index (χ2n) is 5.36. The molecule has 22 heavy (non-hydrogen) atoms. The Hall–Kier alpha value is -2.36. The fourth-order valence-electron chi connectivity index (χ4n) is 2.08. The molecule has 0 aliphatic carbocycles. The molecule has 0 aliphatic rings. The number of amides is 1. The minimum Gasteiger partial charge on any atom is -0.491 e. The fraction of sp³-hybridized carbons (Fsp3) is 0.278. The maximum atomic E-state index is 13.5. The van der Waals surface area contributed by atoms with Crippen molar-refractivity contribution in [3.8, 4) is 5.75 Å². The molecular weight excluding hydrogens is 281 g/mol. The van der Waals surface area contributed by atoms with Gasteiger partial charge < -0.3 is 10.1 Å². The average Bonchev–Trinajstić information content (AvgIpc) is 2.47. The molecule has 0 atom stereocenters. The van der Waals surface area contributed by atoms with Crippen LogP contribution in [-0.4, -0.2) is 12.0 Å². The van der Waals surface area contributed by atoms with Crippen LogP contribution in [0.2, 0.25) is 0 Å². The predicted octanol–water partition coefficient (Wildman–Crippen LogP) is 3.47. The Kier molecular flexibility index (Phi) is 5.53. The highest BCUT2D eigenvalue weighted by Gasteiger charge is 2.07. The Labute approximate surface area is 130 Å². The largest absolute Gasteiger partial charge is 0.491 e. The highest BCUT2D eigenvalue weighted by molar-refractivity contribution is 5.78. The van der Waals surface area contributed by atoms with Gasteiger partial charge in [0.05, 0.1) is 12.5 Å². The molecule has 1 amide bonds. The number of hydrogen-bond donors (Lipinski definition) is 1. The van der Waals surface area contributed by atoms with Crippen LogP contribution in [0.1, 0.15) is 25.0 Å². The first-order valence-corrected chi connectivity index (χ1v) is 7.30. The van der Waals surface area contributed by atoms with Crippen LogP contribution in [0.5, 0.6) is 5.75 Å². The number of nitrogens with one attached hydrogen (secondary N) is 1. The molecule has 0 radical (unpaired) electrons. The molecule has 3 nitrogen and oxygen atoms in total. The van der Waals surface area contributed by atoms with Gasteiger partial charge in [0, 0.05) is 6.54 Å². The Balaban J connectivity index is 1.90. The second-order valence-corrected chi connectivity index (χ2v) is 5.36. The van der Waals surface area contributed by atoms with Crippen LogP contribution in [0.15, 0.2) is 48.5 Å². The quantitative estimate of drug-likeness (QED) is 0.887. The fourth-order valence-corrected chi connectivity index (χ4v) is 2.08. The molecule has 0 aromatic heterocycles. The van der Waals surface area contributed by atoms with Gasteiger partial charge in [-0.15, -0.1) is 0 Å². The van der Waals surface area contributed by atoms with E-state index in [4.69, 9.17) is 4.74 Å². The summed E-state index contributed by atoms with van der Waals surface area (Å²) in [5.41, 5.74) is 1.34. The Morgan fingerprint density at radius 2 is 1.95 bits per heavy atom. The standard InChI is InChI=1S/C18H20FNO2/c1-13(2)22-16-8-5-6-14(10-16)12-20-18(21)11-15-7-3-4-9-17(15)19/h3-10,13H,11-12H2,1-2H3,(H,20,21). The second kappa shape index (κ2) is 7.59. The third kappa shape index (κ3) is 4.88. The molecule has 0 heterocycles. The van der Waals surface area contributed by atoms with Crippen LogP contribution in [0.25, 0.3) is 0 Å². The van der Waals surface area contributed by atoms with Crippen molar-refractivity contribution in [3.63, 3.8) is 0 Å². The number of rotatable bonds is 6. The monoisotopic (exact) mass is 301 g/mol. The van der Waals surface area contributed by atoms with E-state index in [0.29, 0.717) is 12.1 Å². The predicted molar refractivity (Wildman–Crippen MR) is 84.2 cm³/mol. The lowest BCUT2D eigenvalue weighted by molar-refractivity contribution is -0.120. The van der Waals surface area contributed by atoms with Crippen molar-refractivity contribution >= 4 is 5.91 Å². The zero-order valence-corrected chi connectivity index (χ0v) is 12.8. The lowest BCUT2D eigenvalue weighted by Gasteiger charge is -2.11. The maximum Gasteiger partial charge on any atom is 0.224 e. The summed E-state index contributed by atoms with van der Waals surface area (Å²) in [7, 11) is 0. The van der Waals surface area contributed by atoms with Gasteiger partial charge in [-0.3, -0.25) is 4.79 Å². The van der Waals surface area contributed by atoms with Crippen LogP contribution in [-0.2, 0) is 17.8 Å². The lowest BCUT2D eigenvalue weighted by Crippen LogP contribution is -2.25. The summed E-state index contributed by atoms with van der Waals surface area (Å²) in [5, 5.41) is 2.79. The van der Waals surface area contributed by atoms with Gasteiger partial charge in [-0.25, -0.2) is 4.39 Å². The summed E-state index contributed by atoms with van der Waals surface area (Å²) in [5.74, 6) is 0.209. The Morgan fingerprint density at radius 1 is 1.18 bits per heavy atom. The van der Waals surface area contributed by atoms with E-state index in [1.807, 2.05) is 38.1 Å². The zero-order valence-electron chi connectivity index (χ0n) is 12.8. The normalized spacial score (nSPS) is 10.5. The van der Waals surface area contributed by atoms with E-state index in [1.165, 1.54) is 6.07 Å². The van der Waals surface area contributed by atoms with Crippen molar-refractivity contribution in [2.75, 3.05) is 0 Å². The first-order valence-electron chi connectivity index (χ1n) is 7.30. The zero-order chi connectivity index (χ0) is 15.9. The van der Waals surface area contributed by atoms with Crippen molar-refractivity contribution in [2.24, 2.45) is 0 Å². The minimum atomic E-state index is -0.356. The molecule has 116 valence electrons. The topological polar surface area (TPSA) is 38.3 Å². The van der Waals surface area contributed by atoms with E-state index in [1.54, 1.807) is 18.2 Å². The molecule has 0 fully saturated rings. The van der Waals surface area contributed by atoms with E-state index >= 15 is 0 Å². The molecule has 0 aliphatic heterocycles. The molecule has 0 bridgehead atoms. The van der Waals surface area contributed by atoms with Crippen LogP contribution in [0.3, 0.4) is 0 Å².